The van der Waals surface area contributed by atoms with Gasteiger partial charge in [-0.2, -0.15) is 15.6 Å². The van der Waals surface area contributed by atoms with Crippen LogP contribution in [0, 0.1) is 18.3 Å². The molecule has 0 saturated carbocycles. The molecule has 0 radical (unpaired) electrons. The Hall–Kier alpha value is -2.65. The van der Waals surface area contributed by atoms with Crippen molar-refractivity contribution in [3.63, 3.8) is 0 Å². The molecule has 2 aromatic heterocycles. The van der Waals surface area contributed by atoms with Crippen LogP contribution < -0.4 is 0 Å². The lowest BCUT2D eigenvalue weighted by molar-refractivity contribution is 0.911. The van der Waals surface area contributed by atoms with Crippen LogP contribution >= 0.6 is 11.6 Å². The first-order chi connectivity index (χ1) is 10.1. The zero-order valence-electron chi connectivity index (χ0n) is 11.4. The van der Waals surface area contributed by atoms with Gasteiger partial charge in [-0.3, -0.25) is 0 Å². The van der Waals surface area contributed by atoms with Crippen molar-refractivity contribution in [3.05, 3.63) is 40.7 Å². The number of hydrogen-bond donors (Lipinski definition) is 1. The van der Waals surface area contributed by atoms with Gasteiger partial charge in [-0.15, -0.1) is 5.10 Å². The molecule has 0 bridgehead atoms. The number of aromatic nitrogens is 5. The Morgan fingerprint density at radius 1 is 1.24 bits per heavy atom. The number of imidazole rings is 1. The van der Waals surface area contributed by atoms with Gasteiger partial charge in [0.1, 0.15) is 17.6 Å². The highest BCUT2D eigenvalue weighted by Gasteiger charge is 2.20. The number of halogens is 1. The van der Waals surface area contributed by atoms with Crippen molar-refractivity contribution in [1.82, 2.24) is 25.0 Å². The van der Waals surface area contributed by atoms with Crippen LogP contribution in [0.2, 0.25) is 5.02 Å². The lowest BCUT2D eigenvalue weighted by Crippen LogP contribution is -1.97. The SMILES string of the molecule is Cc1nc(-c2ccc(Cl)cc2)n(C)c1-c1n[nH]nc1C#N. The molecule has 2 heterocycles. The van der Waals surface area contributed by atoms with Crippen LogP contribution in [0.3, 0.4) is 0 Å². The van der Waals surface area contributed by atoms with Crippen molar-refractivity contribution >= 4 is 11.6 Å². The standard InChI is InChI=1S/C14H11ClN6/c1-8-13(12-11(7-16)18-20-19-12)21(2)14(17-8)9-3-5-10(15)6-4-9/h3-6H,1-2H3,(H,18,19,20). The predicted octanol–water partition coefficient (Wildman–Crippen LogP) is 2.71. The number of benzene rings is 1. The van der Waals surface area contributed by atoms with Gasteiger partial charge in [-0.1, -0.05) is 11.6 Å². The van der Waals surface area contributed by atoms with E-state index >= 15 is 0 Å². The topological polar surface area (TPSA) is 83.2 Å². The van der Waals surface area contributed by atoms with E-state index < -0.39 is 0 Å². The van der Waals surface area contributed by atoms with Gasteiger partial charge in [0, 0.05) is 17.6 Å². The van der Waals surface area contributed by atoms with E-state index in [9.17, 15) is 0 Å². The summed E-state index contributed by atoms with van der Waals surface area (Å²) in [5.41, 5.74) is 3.25. The molecule has 0 aliphatic heterocycles. The number of nitrogens with one attached hydrogen (secondary N) is 1. The molecule has 0 aliphatic rings. The number of rotatable bonds is 2. The maximum Gasteiger partial charge on any atom is 0.192 e. The summed E-state index contributed by atoms with van der Waals surface area (Å²) in [4.78, 5) is 4.57. The average Bonchev–Trinajstić information content (AvgIpc) is 3.04. The Morgan fingerprint density at radius 3 is 2.62 bits per heavy atom. The van der Waals surface area contributed by atoms with Gasteiger partial charge >= 0.3 is 0 Å². The summed E-state index contributed by atoms with van der Waals surface area (Å²) in [5.74, 6) is 0.783. The molecule has 0 fully saturated rings. The molecular formula is C14H11ClN6. The first-order valence-electron chi connectivity index (χ1n) is 6.22. The molecule has 0 saturated heterocycles. The van der Waals surface area contributed by atoms with Crippen LogP contribution in [0.5, 0.6) is 0 Å². The third kappa shape index (κ3) is 2.18. The zero-order valence-corrected chi connectivity index (χ0v) is 12.2. The zero-order chi connectivity index (χ0) is 15.0. The average molecular weight is 299 g/mol. The van der Waals surface area contributed by atoms with Crippen molar-refractivity contribution in [2.45, 2.75) is 6.92 Å². The predicted molar refractivity (Wildman–Crippen MR) is 78.5 cm³/mol. The van der Waals surface area contributed by atoms with Gasteiger partial charge < -0.3 is 4.57 Å². The maximum absolute atomic E-state index is 9.09. The fourth-order valence-corrected chi connectivity index (χ4v) is 2.42. The molecule has 1 aromatic carbocycles. The molecule has 6 nitrogen and oxygen atoms in total. The Labute approximate surface area is 126 Å². The van der Waals surface area contributed by atoms with E-state index in [0.29, 0.717) is 10.7 Å². The minimum atomic E-state index is 0.253. The van der Waals surface area contributed by atoms with Crippen molar-refractivity contribution in [2.75, 3.05) is 0 Å². The third-order valence-corrected chi connectivity index (χ3v) is 3.50. The van der Waals surface area contributed by atoms with E-state index in [2.05, 4.69) is 20.4 Å². The van der Waals surface area contributed by atoms with Crippen molar-refractivity contribution in [1.29, 1.82) is 5.26 Å². The van der Waals surface area contributed by atoms with Gasteiger partial charge in [0.2, 0.25) is 0 Å². The van der Waals surface area contributed by atoms with Crippen molar-refractivity contribution in [3.8, 4) is 28.8 Å². The molecule has 7 heteroatoms. The molecule has 21 heavy (non-hydrogen) atoms. The summed E-state index contributed by atoms with van der Waals surface area (Å²) in [6, 6.07) is 9.46. The molecule has 3 rings (SSSR count). The van der Waals surface area contributed by atoms with Crippen molar-refractivity contribution < 1.29 is 0 Å². The highest BCUT2D eigenvalue weighted by atomic mass is 35.5. The minimum Gasteiger partial charge on any atom is -0.325 e. The van der Waals surface area contributed by atoms with E-state index in [1.165, 1.54) is 0 Å². The summed E-state index contributed by atoms with van der Waals surface area (Å²) >= 11 is 5.91. The molecule has 1 N–H and O–H groups in total. The first-order valence-corrected chi connectivity index (χ1v) is 6.60. The normalized spacial score (nSPS) is 10.6. The molecule has 104 valence electrons. The summed E-state index contributed by atoms with van der Waals surface area (Å²) in [5, 5.41) is 20.1. The van der Waals surface area contributed by atoms with E-state index in [-0.39, 0.29) is 5.69 Å². The summed E-state index contributed by atoms with van der Waals surface area (Å²) in [6.07, 6.45) is 0. The van der Waals surface area contributed by atoms with Crippen LogP contribution in [0.4, 0.5) is 0 Å². The number of nitriles is 1. The highest BCUT2D eigenvalue weighted by Crippen LogP contribution is 2.29. The van der Waals surface area contributed by atoms with Crippen LogP contribution in [0.1, 0.15) is 11.4 Å². The second-order valence-electron chi connectivity index (χ2n) is 4.57. The van der Waals surface area contributed by atoms with Crippen LogP contribution in [-0.4, -0.2) is 25.0 Å². The van der Waals surface area contributed by atoms with E-state index in [0.717, 1.165) is 22.8 Å². The van der Waals surface area contributed by atoms with Crippen molar-refractivity contribution in [2.24, 2.45) is 7.05 Å². The fourth-order valence-electron chi connectivity index (χ4n) is 2.30. The highest BCUT2D eigenvalue weighted by molar-refractivity contribution is 6.30. The Balaban J connectivity index is 2.18. The summed E-state index contributed by atoms with van der Waals surface area (Å²) in [7, 11) is 1.88. The Morgan fingerprint density at radius 2 is 1.95 bits per heavy atom. The van der Waals surface area contributed by atoms with Gasteiger partial charge in [-0.05, 0) is 31.2 Å². The second-order valence-corrected chi connectivity index (χ2v) is 5.00. The summed E-state index contributed by atoms with van der Waals surface area (Å²) in [6.45, 7) is 1.88. The molecule has 3 aromatic rings. The van der Waals surface area contributed by atoms with Crippen LogP contribution in [-0.2, 0) is 7.05 Å². The van der Waals surface area contributed by atoms with Gasteiger partial charge in [-0.25, -0.2) is 4.98 Å². The van der Waals surface area contributed by atoms with E-state index in [4.69, 9.17) is 16.9 Å². The molecular weight excluding hydrogens is 288 g/mol. The van der Waals surface area contributed by atoms with Crippen LogP contribution in [0.25, 0.3) is 22.8 Å². The Kier molecular flexibility index (Phi) is 3.20. The van der Waals surface area contributed by atoms with Gasteiger partial charge in [0.05, 0.1) is 11.4 Å². The van der Waals surface area contributed by atoms with E-state index in [1.807, 2.05) is 48.9 Å². The monoisotopic (exact) mass is 298 g/mol. The maximum atomic E-state index is 9.09. The number of hydrogen-bond acceptors (Lipinski definition) is 4. The molecule has 0 atom stereocenters. The lowest BCUT2D eigenvalue weighted by atomic mass is 10.2. The van der Waals surface area contributed by atoms with E-state index in [1.54, 1.807) is 0 Å². The molecule has 0 aliphatic carbocycles. The minimum absolute atomic E-state index is 0.253. The van der Waals surface area contributed by atoms with Gasteiger partial charge in [0.25, 0.3) is 0 Å². The number of aromatic amines is 1. The third-order valence-electron chi connectivity index (χ3n) is 3.25. The molecule has 0 unspecified atom stereocenters. The largest absolute Gasteiger partial charge is 0.325 e. The fraction of sp³-hybridized carbons (Fsp3) is 0.143. The smallest absolute Gasteiger partial charge is 0.192 e. The number of nitrogens with zero attached hydrogens (tertiary/aromatic N) is 5. The first kappa shape index (κ1) is 13.3. The lowest BCUT2D eigenvalue weighted by Gasteiger charge is -2.04. The second kappa shape index (κ2) is 5.04. The summed E-state index contributed by atoms with van der Waals surface area (Å²) < 4.78 is 1.90. The molecule has 0 amide bonds. The number of aryl methyl sites for hydroxylation is 1. The Bertz CT molecular complexity index is 837. The van der Waals surface area contributed by atoms with Gasteiger partial charge in [0.15, 0.2) is 5.69 Å². The molecule has 0 spiro atoms. The van der Waals surface area contributed by atoms with Crippen LogP contribution in [0.15, 0.2) is 24.3 Å². The quantitative estimate of drug-likeness (QED) is 0.788. The number of H-pyrrole nitrogens is 1.